The molecule has 2 aromatic heterocycles. The molecule has 354 valence electrons. The monoisotopic (exact) mass is 981 g/mol. The molecule has 12 aromatic rings. The standard InChI is InChI=1S/C66H34F3N7/c1-70-45-27-28-50(65(39-45)76-62-31-24-42(48-16-8-12-20-58(48)73-4)36-53(62)54-37-43(25-32-63(54)76)49-17-9-13-21-59(49)74-5)55-38-44(66(67,68)69)26-33-64(55)75-60-29-22-40(46-14-6-10-18-56(46)71-2)34-51(60)52-35-41(23-30-61(52)75)47-15-7-11-19-57(47)72-3/h6-39H. The third kappa shape index (κ3) is 7.57. The number of rotatable bonds is 7. The summed E-state index contributed by atoms with van der Waals surface area (Å²) >= 11 is 0. The molecule has 0 amide bonds. The van der Waals surface area contributed by atoms with Gasteiger partial charge in [0.25, 0.3) is 0 Å². The maximum Gasteiger partial charge on any atom is 0.416 e. The number of hydrogen-bond donors (Lipinski definition) is 0. The zero-order chi connectivity index (χ0) is 52.2. The summed E-state index contributed by atoms with van der Waals surface area (Å²) in [7, 11) is 0. The molecule has 12 rings (SSSR count). The molecule has 0 N–H and O–H groups in total. The summed E-state index contributed by atoms with van der Waals surface area (Å²) in [6, 6.07) is 61.7. The van der Waals surface area contributed by atoms with Gasteiger partial charge >= 0.3 is 6.18 Å². The Morgan fingerprint density at radius 2 is 0.658 bits per heavy atom. The van der Waals surface area contributed by atoms with Crippen molar-refractivity contribution in [2.75, 3.05) is 0 Å². The first-order chi connectivity index (χ1) is 37.1. The third-order valence-corrected chi connectivity index (χ3v) is 14.1. The lowest BCUT2D eigenvalue weighted by Crippen LogP contribution is -2.08. The normalized spacial score (nSPS) is 11.3. The van der Waals surface area contributed by atoms with Crippen molar-refractivity contribution in [1.82, 2.24) is 9.13 Å². The Morgan fingerprint density at radius 1 is 0.303 bits per heavy atom. The molecule has 2 heterocycles. The molecule has 0 saturated heterocycles. The van der Waals surface area contributed by atoms with Crippen LogP contribution in [0.2, 0.25) is 0 Å². The molecular weight excluding hydrogens is 948 g/mol. The highest BCUT2D eigenvalue weighted by atomic mass is 19.4. The molecule has 10 aromatic carbocycles. The van der Waals surface area contributed by atoms with E-state index in [0.29, 0.717) is 61.8 Å². The van der Waals surface area contributed by atoms with Gasteiger partial charge < -0.3 is 9.13 Å². The molecule has 0 saturated carbocycles. The van der Waals surface area contributed by atoms with Crippen molar-refractivity contribution in [3.63, 3.8) is 0 Å². The highest BCUT2D eigenvalue weighted by Crippen LogP contribution is 2.47. The Hall–Kier alpha value is -11.0. The van der Waals surface area contributed by atoms with E-state index in [2.05, 4.69) is 24.2 Å². The lowest BCUT2D eigenvalue weighted by atomic mass is 9.97. The van der Waals surface area contributed by atoms with Gasteiger partial charge in [0.1, 0.15) is 0 Å². The molecule has 0 radical (unpaired) electrons. The van der Waals surface area contributed by atoms with Gasteiger partial charge in [0.05, 0.1) is 66.2 Å². The molecule has 0 spiro atoms. The number of para-hydroxylation sites is 4. The second-order valence-electron chi connectivity index (χ2n) is 18.2. The van der Waals surface area contributed by atoms with Crippen LogP contribution in [0.15, 0.2) is 206 Å². The average Bonchev–Trinajstić information content (AvgIpc) is 3.99. The van der Waals surface area contributed by atoms with Gasteiger partial charge in [-0.3, -0.25) is 0 Å². The van der Waals surface area contributed by atoms with Crippen LogP contribution in [0.3, 0.4) is 0 Å². The van der Waals surface area contributed by atoms with E-state index in [-0.39, 0.29) is 11.3 Å². The second-order valence-corrected chi connectivity index (χ2v) is 18.2. The Bertz CT molecular complexity index is 4420. The van der Waals surface area contributed by atoms with Crippen LogP contribution in [0.1, 0.15) is 5.56 Å². The average molecular weight is 982 g/mol. The number of alkyl halides is 3. The van der Waals surface area contributed by atoms with Crippen molar-refractivity contribution in [3.8, 4) is 67.0 Å². The molecule has 0 bridgehead atoms. The second kappa shape index (κ2) is 18.3. The number of aromatic nitrogens is 2. The fraction of sp³-hybridized carbons (Fsp3) is 0.0152. The minimum atomic E-state index is -4.73. The summed E-state index contributed by atoms with van der Waals surface area (Å²) in [5.41, 5.74) is 11.6. The van der Waals surface area contributed by atoms with Crippen LogP contribution in [0.5, 0.6) is 0 Å². The Kier molecular flexibility index (Phi) is 11.1. The number of nitrogens with zero attached hydrogens (tertiary/aromatic N) is 7. The summed E-state index contributed by atoms with van der Waals surface area (Å²) in [4.78, 5) is 19.1. The zero-order valence-electron chi connectivity index (χ0n) is 39.9. The van der Waals surface area contributed by atoms with Crippen LogP contribution >= 0.6 is 0 Å². The minimum absolute atomic E-state index is 0.241. The molecule has 0 unspecified atom stereocenters. The zero-order valence-corrected chi connectivity index (χ0v) is 39.9. The van der Waals surface area contributed by atoms with Gasteiger partial charge in [-0.1, -0.05) is 133 Å². The van der Waals surface area contributed by atoms with Crippen molar-refractivity contribution < 1.29 is 13.2 Å². The third-order valence-electron chi connectivity index (χ3n) is 14.1. The maximum atomic E-state index is 15.2. The first-order valence-electron chi connectivity index (χ1n) is 23.9. The molecule has 0 aliphatic rings. The lowest BCUT2D eigenvalue weighted by Gasteiger charge is -2.21. The number of hydrogen-bond acceptors (Lipinski definition) is 0. The molecule has 0 atom stereocenters. The van der Waals surface area contributed by atoms with Crippen LogP contribution in [0.25, 0.3) is 135 Å². The number of halogens is 3. The number of fused-ring (bicyclic) bond motifs is 6. The SMILES string of the molecule is [C-]#[N+]c1ccc(-c2cc(C(F)(F)F)ccc2-n2c3ccc(-c4ccccc4[N+]#[C-])cc3c3cc(-c4ccccc4[N+]#[C-])ccc32)c(-n2c3ccc(-c4ccccc4[N+]#[C-])cc3c3cc(-c4ccccc4[N+]#[C-])ccc32)c1. The van der Waals surface area contributed by atoms with Gasteiger partial charge in [0, 0.05) is 38.4 Å². The van der Waals surface area contributed by atoms with Gasteiger partial charge in [-0.15, -0.1) is 0 Å². The quantitative estimate of drug-likeness (QED) is 0.143. The van der Waals surface area contributed by atoms with Gasteiger partial charge in [0.15, 0.2) is 28.4 Å². The maximum absolute atomic E-state index is 15.2. The summed E-state index contributed by atoms with van der Waals surface area (Å²) in [5, 5.41) is 3.12. The van der Waals surface area contributed by atoms with Crippen LogP contribution in [-0.2, 0) is 6.18 Å². The van der Waals surface area contributed by atoms with E-state index in [1.165, 1.54) is 12.1 Å². The highest BCUT2D eigenvalue weighted by Gasteiger charge is 2.33. The summed E-state index contributed by atoms with van der Waals surface area (Å²) in [6.07, 6.45) is -4.73. The van der Waals surface area contributed by atoms with Crippen LogP contribution in [-0.4, -0.2) is 9.13 Å². The predicted molar refractivity (Wildman–Crippen MR) is 299 cm³/mol. The molecule has 10 heteroatoms. The Labute approximate surface area is 434 Å². The largest absolute Gasteiger partial charge is 0.416 e. The Balaban J connectivity index is 1.17. The van der Waals surface area contributed by atoms with Crippen LogP contribution in [0.4, 0.5) is 41.6 Å². The fourth-order valence-electron chi connectivity index (χ4n) is 10.6. The smallest absolute Gasteiger partial charge is 0.310 e. The van der Waals surface area contributed by atoms with E-state index in [1.54, 1.807) is 42.5 Å². The van der Waals surface area contributed by atoms with E-state index in [9.17, 15) is 0 Å². The molecule has 76 heavy (non-hydrogen) atoms. The van der Waals surface area contributed by atoms with Crippen molar-refractivity contribution >= 4 is 72.0 Å². The molecule has 7 nitrogen and oxygen atoms in total. The lowest BCUT2D eigenvalue weighted by molar-refractivity contribution is -0.137. The van der Waals surface area contributed by atoms with E-state index >= 15 is 13.2 Å². The van der Waals surface area contributed by atoms with Gasteiger partial charge in [0.2, 0.25) is 0 Å². The van der Waals surface area contributed by atoms with Gasteiger partial charge in [-0.25, -0.2) is 24.2 Å². The highest BCUT2D eigenvalue weighted by molar-refractivity contribution is 6.14. The van der Waals surface area contributed by atoms with Gasteiger partial charge in [-0.05, 0) is 117 Å². The first-order valence-corrected chi connectivity index (χ1v) is 23.9. The van der Waals surface area contributed by atoms with E-state index in [0.717, 1.165) is 72.1 Å². The van der Waals surface area contributed by atoms with Crippen molar-refractivity contribution in [2.24, 2.45) is 0 Å². The Morgan fingerprint density at radius 3 is 1.00 bits per heavy atom. The molecular formula is C66H34F3N7. The van der Waals surface area contributed by atoms with E-state index < -0.39 is 11.7 Å². The topological polar surface area (TPSA) is 31.7 Å². The summed E-state index contributed by atoms with van der Waals surface area (Å²) in [5.74, 6) is 0. The minimum Gasteiger partial charge on any atom is -0.310 e. The van der Waals surface area contributed by atoms with Crippen molar-refractivity contribution in [2.45, 2.75) is 6.18 Å². The molecule has 0 fully saturated rings. The fourth-order valence-corrected chi connectivity index (χ4v) is 10.6. The summed E-state index contributed by atoms with van der Waals surface area (Å²) in [6.45, 7) is 40.1. The first kappa shape index (κ1) is 46.1. The van der Waals surface area contributed by atoms with E-state index in [1.807, 2.05) is 155 Å². The van der Waals surface area contributed by atoms with Crippen LogP contribution in [0, 0.1) is 32.9 Å². The van der Waals surface area contributed by atoms with Gasteiger partial charge in [-0.2, -0.15) is 13.2 Å². The van der Waals surface area contributed by atoms with E-state index in [4.69, 9.17) is 32.9 Å². The summed E-state index contributed by atoms with van der Waals surface area (Å²) < 4.78 is 49.7. The van der Waals surface area contributed by atoms with Crippen LogP contribution < -0.4 is 0 Å². The number of benzene rings is 10. The van der Waals surface area contributed by atoms with Crippen molar-refractivity contribution in [1.29, 1.82) is 0 Å². The molecule has 0 aliphatic heterocycles. The van der Waals surface area contributed by atoms with Crippen molar-refractivity contribution in [3.05, 3.63) is 269 Å². The molecule has 0 aliphatic carbocycles. The predicted octanol–water partition coefficient (Wildman–Crippen LogP) is 20.0.